The van der Waals surface area contributed by atoms with E-state index in [9.17, 15) is 14.0 Å². The number of hydrogen-bond donors (Lipinski definition) is 1. The number of methoxy groups -OCH3 is 1. The third-order valence-corrected chi connectivity index (χ3v) is 6.78. The van der Waals surface area contributed by atoms with E-state index < -0.39 is 29.0 Å². The Balaban J connectivity index is 1.51. The van der Waals surface area contributed by atoms with E-state index in [1.165, 1.54) is 42.0 Å². The summed E-state index contributed by atoms with van der Waals surface area (Å²) in [6, 6.07) is 1.51. The zero-order chi connectivity index (χ0) is 21.9. The van der Waals surface area contributed by atoms with Gasteiger partial charge in [0.2, 0.25) is 0 Å². The van der Waals surface area contributed by atoms with E-state index in [1.54, 1.807) is 13.1 Å². The van der Waals surface area contributed by atoms with Gasteiger partial charge >= 0.3 is 6.03 Å². The number of nitrogens with zero attached hydrogens (tertiary/aromatic N) is 5. The lowest BCUT2D eigenvalue weighted by molar-refractivity contribution is -0.118. The summed E-state index contributed by atoms with van der Waals surface area (Å²) < 4.78 is 20.4. The van der Waals surface area contributed by atoms with E-state index in [1.807, 2.05) is 0 Å². The van der Waals surface area contributed by atoms with Crippen molar-refractivity contribution in [3.8, 4) is 5.75 Å². The molecule has 1 aromatic carbocycles. The first-order chi connectivity index (χ1) is 14.9. The van der Waals surface area contributed by atoms with Gasteiger partial charge in [0.05, 0.1) is 36.3 Å². The van der Waals surface area contributed by atoms with E-state index >= 15 is 0 Å². The van der Waals surface area contributed by atoms with Crippen molar-refractivity contribution in [1.29, 1.82) is 0 Å². The lowest BCUT2D eigenvalue weighted by atomic mass is 10.1. The van der Waals surface area contributed by atoms with Crippen LogP contribution in [0, 0.1) is 5.82 Å². The van der Waals surface area contributed by atoms with Crippen molar-refractivity contribution in [2.45, 2.75) is 11.3 Å². The number of benzene rings is 1. The summed E-state index contributed by atoms with van der Waals surface area (Å²) in [5, 5.41) is 10.3. The molecule has 158 valence electrons. The molecule has 9 nitrogen and oxygen atoms in total. The van der Waals surface area contributed by atoms with E-state index in [0.717, 1.165) is 11.0 Å². The van der Waals surface area contributed by atoms with Crippen molar-refractivity contribution in [3.05, 3.63) is 47.0 Å². The molecule has 0 aliphatic carbocycles. The minimum Gasteiger partial charge on any atom is -0.494 e. The van der Waals surface area contributed by atoms with E-state index in [-0.39, 0.29) is 10.8 Å². The Kier molecular flexibility index (Phi) is 4.59. The molecule has 1 fully saturated rings. The molecule has 2 atom stereocenters. The standard InChI is InChI=1S/C19H14ClFN6O3S/c1-26-16-12(24-25-26)6-22-7-13(16)27-18(28)17-11(23-19(27)29)5-15(31-17)8-3-14(30-2)10(21)4-9(8)20/h3-7,11,17H,1-2H3,(H,23,29). The molecule has 2 unspecified atom stereocenters. The van der Waals surface area contributed by atoms with Crippen LogP contribution in [0.1, 0.15) is 5.56 Å². The first-order valence-electron chi connectivity index (χ1n) is 9.08. The number of aryl methyl sites for hydroxylation is 1. The van der Waals surface area contributed by atoms with Gasteiger partial charge in [0, 0.05) is 17.5 Å². The van der Waals surface area contributed by atoms with Crippen LogP contribution in [-0.2, 0) is 11.8 Å². The number of aromatic nitrogens is 4. The monoisotopic (exact) mass is 460 g/mol. The summed E-state index contributed by atoms with van der Waals surface area (Å²) in [5.74, 6) is -0.960. The molecule has 31 heavy (non-hydrogen) atoms. The van der Waals surface area contributed by atoms with Crippen molar-refractivity contribution in [3.63, 3.8) is 0 Å². The molecule has 1 N–H and O–H groups in total. The quantitative estimate of drug-likeness (QED) is 0.641. The number of rotatable bonds is 3. The van der Waals surface area contributed by atoms with Gasteiger partial charge in [0.15, 0.2) is 11.6 Å². The number of carbonyl (C=O) groups is 2. The molecule has 12 heteroatoms. The van der Waals surface area contributed by atoms with Crippen LogP contribution in [0.5, 0.6) is 5.75 Å². The molecule has 3 amide bonds. The molecule has 5 rings (SSSR count). The molecule has 1 saturated heterocycles. The van der Waals surface area contributed by atoms with Gasteiger partial charge < -0.3 is 10.1 Å². The lowest BCUT2D eigenvalue weighted by Gasteiger charge is -2.33. The van der Waals surface area contributed by atoms with Crippen molar-refractivity contribution >= 4 is 56.9 Å². The van der Waals surface area contributed by atoms with E-state index in [4.69, 9.17) is 16.3 Å². The zero-order valence-electron chi connectivity index (χ0n) is 16.2. The van der Waals surface area contributed by atoms with E-state index in [0.29, 0.717) is 27.2 Å². The molecule has 0 bridgehead atoms. The largest absolute Gasteiger partial charge is 0.494 e. The minimum absolute atomic E-state index is 0.0363. The van der Waals surface area contributed by atoms with Gasteiger partial charge in [0.1, 0.15) is 16.3 Å². The molecule has 2 aliphatic heterocycles. The SMILES string of the molecule is COc1cc(C2=CC3NC(=O)N(c4cncc5nnn(C)c45)C(=O)C3S2)c(Cl)cc1F. The van der Waals surface area contributed by atoms with Crippen LogP contribution in [0.2, 0.25) is 5.02 Å². The normalized spacial score (nSPS) is 20.6. The van der Waals surface area contributed by atoms with Crippen LogP contribution >= 0.6 is 23.4 Å². The van der Waals surface area contributed by atoms with Gasteiger partial charge in [0.25, 0.3) is 5.91 Å². The second-order valence-corrected chi connectivity index (χ2v) is 8.51. The summed E-state index contributed by atoms with van der Waals surface area (Å²) in [7, 11) is 3.03. The molecule has 3 aromatic rings. The Bertz CT molecular complexity index is 1300. The second-order valence-electron chi connectivity index (χ2n) is 6.92. The minimum atomic E-state index is -0.628. The van der Waals surface area contributed by atoms with Crippen LogP contribution in [0.4, 0.5) is 14.9 Å². The number of halogens is 2. The number of nitrogens with one attached hydrogen (secondary N) is 1. The van der Waals surface area contributed by atoms with Crippen LogP contribution in [-0.4, -0.2) is 50.3 Å². The summed E-state index contributed by atoms with van der Waals surface area (Å²) in [4.78, 5) is 32.0. The summed E-state index contributed by atoms with van der Waals surface area (Å²) in [6.45, 7) is 0. The number of urea groups is 1. The number of fused-ring (bicyclic) bond motifs is 2. The molecule has 0 spiro atoms. The van der Waals surface area contributed by atoms with Crippen molar-refractivity contribution in [1.82, 2.24) is 25.3 Å². The van der Waals surface area contributed by atoms with Crippen molar-refractivity contribution in [2.75, 3.05) is 12.0 Å². The van der Waals surface area contributed by atoms with Crippen LogP contribution in [0.15, 0.2) is 30.6 Å². The maximum Gasteiger partial charge on any atom is 0.329 e. The first kappa shape index (κ1) is 19.8. The van der Waals surface area contributed by atoms with Crippen molar-refractivity contribution in [2.24, 2.45) is 7.05 Å². The fourth-order valence-electron chi connectivity index (χ4n) is 3.67. The van der Waals surface area contributed by atoms with Crippen LogP contribution in [0.25, 0.3) is 15.9 Å². The third-order valence-electron chi connectivity index (χ3n) is 5.11. The number of hydrogen-bond acceptors (Lipinski definition) is 7. The Hall–Kier alpha value is -3.18. The molecule has 0 radical (unpaired) electrons. The fraction of sp³-hybridized carbons (Fsp3) is 0.211. The van der Waals surface area contributed by atoms with Gasteiger partial charge in [-0.2, -0.15) is 0 Å². The highest BCUT2D eigenvalue weighted by Gasteiger charge is 2.46. The number of amides is 3. The number of carbonyl (C=O) groups excluding carboxylic acids is 2. The number of imide groups is 1. The van der Waals surface area contributed by atoms with Crippen LogP contribution < -0.4 is 15.0 Å². The first-order valence-corrected chi connectivity index (χ1v) is 10.3. The highest BCUT2D eigenvalue weighted by atomic mass is 35.5. The smallest absolute Gasteiger partial charge is 0.329 e. The third kappa shape index (κ3) is 3.03. The highest BCUT2D eigenvalue weighted by molar-refractivity contribution is 8.09. The molecule has 2 aliphatic rings. The molecule has 0 saturated carbocycles. The van der Waals surface area contributed by atoms with Gasteiger partial charge in [-0.05, 0) is 18.2 Å². The topological polar surface area (TPSA) is 102 Å². The predicted molar refractivity (Wildman–Crippen MR) is 113 cm³/mol. The number of thioether (sulfide) groups is 1. The number of anilines is 1. The summed E-state index contributed by atoms with van der Waals surface area (Å²) >= 11 is 7.48. The van der Waals surface area contributed by atoms with Crippen LogP contribution in [0.3, 0.4) is 0 Å². The van der Waals surface area contributed by atoms with Crippen molar-refractivity contribution < 1.29 is 18.7 Å². The molecule has 4 heterocycles. The number of pyridine rings is 1. The van der Waals surface area contributed by atoms with Gasteiger partial charge in [-0.15, -0.1) is 16.9 Å². The Morgan fingerprint density at radius 1 is 1.29 bits per heavy atom. The van der Waals surface area contributed by atoms with Gasteiger partial charge in [-0.1, -0.05) is 16.8 Å². The Labute approximate surface area is 184 Å². The molecular formula is C19H14ClFN6O3S. The van der Waals surface area contributed by atoms with Gasteiger partial charge in [-0.25, -0.2) is 18.8 Å². The summed E-state index contributed by atoms with van der Waals surface area (Å²) in [5.41, 5.74) is 1.79. The maximum atomic E-state index is 13.9. The predicted octanol–water partition coefficient (Wildman–Crippen LogP) is 2.75. The van der Waals surface area contributed by atoms with Gasteiger partial charge in [-0.3, -0.25) is 9.78 Å². The average molecular weight is 461 g/mol. The summed E-state index contributed by atoms with van der Waals surface area (Å²) in [6.07, 6.45) is 4.68. The lowest BCUT2D eigenvalue weighted by Crippen LogP contribution is -2.60. The van der Waals surface area contributed by atoms with E-state index in [2.05, 4.69) is 20.6 Å². The molecule has 2 aromatic heterocycles. The maximum absolute atomic E-state index is 13.9. The average Bonchev–Trinajstić information content (AvgIpc) is 3.32. The fourth-order valence-corrected chi connectivity index (χ4v) is 5.27. The molecular weight excluding hydrogens is 447 g/mol. The second kappa shape index (κ2) is 7.20. The Morgan fingerprint density at radius 2 is 2.10 bits per heavy atom. The zero-order valence-corrected chi connectivity index (χ0v) is 17.7. The Morgan fingerprint density at radius 3 is 2.87 bits per heavy atom. The number of ether oxygens (including phenoxy) is 1. The highest BCUT2D eigenvalue weighted by Crippen LogP contribution is 2.45.